The topological polar surface area (TPSA) is 33.1 Å². The monoisotopic (exact) mass is 223 g/mol. The molecule has 16 heavy (non-hydrogen) atoms. The Morgan fingerprint density at radius 1 is 1.50 bits per heavy atom. The van der Waals surface area contributed by atoms with Crippen LogP contribution in [-0.2, 0) is 5.60 Å². The van der Waals surface area contributed by atoms with Gasteiger partial charge in [-0.25, -0.2) is 4.39 Å². The number of aliphatic hydroxyl groups is 1. The summed E-state index contributed by atoms with van der Waals surface area (Å²) in [6.07, 6.45) is 5.25. The van der Waals surface area contributed by atoms with Crippen molar-refractivity contribution in [3.8, 4) is 0 Å². The summed E-state index contributed by atoms with van der Waals surface area (Å²) in [5.74, 6) is 0.305. The van der Waals surface area contributed by atoms with Gasteiger partial charge in [0.25, 0.3) is 0 Å². The summed E-state index contributed by atoms with van der Waals surface area (Å²) in [4.78, 5) is 3.72. The van der Waals surface area contributed by atoms with Gasteiger partial charge in [-0.1, -0.05) is 13.8 Å². The van der Waals surface area contributed by atoms with Crippen molar-refractivity contribution in [2.24, 2.45) is 11.8 Å². The van der Waals surface area contributed by atoms with Crippen LogP contribution in [0.3, 0.4) is 0 Å². The molecule has 3 atom stereocenters. The molecule has 88 valence electrons. The Morgan fingerprint density at radius 3 is 2.88 bits per heavy atom. The van der Waals surface area contributed by atoms with E-state index in [1.165, 1.54) is 6.20 Å². The minimum absolute atomic E-state index is 0.0909. The lowest BCUT2D eigenvalue weighted by atomic mass is 9.69. The Hall–Kier alpha value is -0.960. The minimum Gasteiger partial charge on any atom is -0.385 e. The fourth-order valence-corrected chi connectivity index (χ4v) is 2.76. The average Bonchev–Trinajstić information content (AvgIpc) is 2.25. The van der Waals surface area contributed by atoms with E-state index in [9.17, 15) is 9.50 Å². The molecule has 0 bridgehead atoms. The molecule has 1 aromatic heterocycles. The van der Waals surface area contributed by atoms with E-state index < -0.39 is 11.4 Å². The highest BCUT2D eigenvalue weighted by Gasteiger charge is 2.41. The molecule has 2 rings (SSSR count). The second kappa shape index (κ2) is 4.13. The van der Waals surface area contributed by atoms with Crippen LogP contribution in [-0.4, -0.2) is 10.1 Å². The highest BCUT2D eigenvalue weighted by Crippen LogP contribution is 2.44. The van der Waals surface area contributed by atoms with Crippen molar-refractivity contribution in [1.29, 1.82) is 0 Å². The van der Waals surface area contributed by atoms with Crippen LogP contribution in [0.4, 0.5) is 4.39 Å². The van der Waals surface area contributed by atoms with Gasteiger partial charge in [-0.2, -0.15) is 0 Å². The van der Waals surface area contributed by atoms with Crippen LogP contribution in [0.1, 0.15) is 38.7 Å². The molecule has 3 heteroatoms. The number of hydrogen-bond donors (Lipinski definition) is 1. The quantitative estimate of drug-likeness (QED) is 0.794. The Labute approximate surface area is 95.5 Å². The molecule has 1 heterocycles. The standard InChI is InChI=1S/C13H18FNO/c1-9-3-5-13(16,10(2)7-9)11-4-6-15-8-12(11)14/h4,6,8-10,16H,3,5,7H2,1-2H3. The molecule has 1 fully saturated rings. The van der Waals surface area contributed by atoms with Crippen molar-refractivity contribution in [1.82, 2.24) is 4.98 Å². The summed E-state index contributed by atoms with van der Waals surface area (Å²) in [7, 11) is 0. The van der Waals surface area contributed by atoms with Crippen LogP contribution in [0.2, 0.25) is 0 Å². The summed E-state index contributed by atoms with van der Waals surface area (Å²) in [6.45, 7) is 4.18. The van der Waals surface area contributed by atoms with Gasteiger partial charge >= 0.3 is 0 Å². The van der Waals surface area contributed by atoms with Crippen LogP contribution in [0, 0.1) is 17.7 Å². The first kappa shape index (κ1) is 11.5. The van der Waals surface area contributed by atoms with Crippen LogP contribution in [0.25, 0.3) is 0 Å². The lowest BCUT2D eigenvalue weighted by Crippen LogP contribution is -2.39. The van der Waals surface area contributed by atoms with Crippen molar-refractivity contribution in [3.05, 3.63) is 29.8 Å². The van der Waals surface area contributed by atoms with Crippen LogP contribution < -0.4 is 0 Å². The molecule has 0 spiro atoms. The van der Waals surface area contributed by atoms with Gasteiger partial charge in [-0.3, -0.25) is 4.98 Å². The number of nitrogens with zero attached hydrogens (tertiary/aromatic N) is 1. The summed E-state index contributed by atoms with van der Waals surface area (Å²) < 4.78 is 13.7. The lowest BCUT2D eigenvalue weighted by Gasteiger charge is -2.41. The minimum atomic E-state index is -1.01. The normalized spacial score (nSPS) is 35.0. The van der Waals surface area contributed by atoms with E-state index in [0.29, 0.717) is 17.9 Å². The molecule has 1 N–H and O–H groups in total. The number of rotatable bonds is 1. The first-order valence-corrected chi connectivity index (χ1v) is 5.86. The van der Waals surface area contributed by atoms with Gasteiger partial charge in [0, 0.05) is 11.8 Å². The van der Waals surface area contributed by atoms with Crippen LogP contribution in [0.15, 0.2) is 18.5 Å². The fourth-order valence-electron chi connectivity index (χ4n) is 2.76. The molecule has 2 nitrogen and oxygen atoms in total. The van der Waals surface area contributed by atoms with Gasteiger partial charge in [-0.05, 0) is 37.2 Å². The smallest absolute Gasteiger partial charge is 0.147 e. The second-order valence-electron chi connectivity index (χ2n) is 5.06. The number of aromatic nitrogens is 1. The van der Waals surface area contributed by atoms with Crippen molar-refractivity contribution in [2.45, 2.75) is 38.7 Å². The molecule has 0 radical (unpaired) electrons. The highest BCUT2D eigenvalue weighted by molar-refractivity contribution is 5.23. The summed E-state index contributed by atoms with van der Waals surface area (Å²) in [6, 6.07) is 1.60. The van der Waals surface area contributed by atoms with Gasteiger partial charge in [-0.15, -0.1) is 0 Å². The molecular formula is C13H18FNO. The Balaban J connectivity index is 2.35. The van der Waals surface area contributed by atoms with E-state index in [1.807, 2.05) is 6.92 Å². The fraction of sp³-hybridized carbons (Fsp3) is 0.615. The van der Waals surface area contributed by atoms with Crippen molar-refractivity contribution in [3.63, 3.8) is 0 Å². The molecule has 1 aliphatic carbocycles. The average molecular weight is 223 g/mol. The largest absolute Gasteiger partial charge is 0.385 e. The number of pyridine rings is 1. The van der Waals surface area contributed by atoms with Crippen molar-refractivity contribution in [2.75, 3.05) is 0 Å². The summed E-state index contributed by atoms with van der Waals surface area (Å²) in [5, 5.41) is 10.6. The maximum absolute atomic E-state index is 13.7. The third-order valence-corrected chi connectivity index (χ3v) is 3.83. The molecule has 0 aromatic carbocycles. The first-order valence-electron chi connectivity index (χ1n) is 5.86. The Morgan fingerprint density at radius 2 is 2.25 bits per heavy atom. The second-order valence-corrected chi connectivity index (χ2v) is 5.06. The summed E-state index contributed by atoms with van der Waals surface area (Å²) >= 11 is 0. The molecule has 0 saturated heterocycles. The van der Waals surface area contributed by atoms with Gasteiger partial charge in [0.15, 0.2) is 0 Å². The third kappa shape index (κ3) is 1.84. The zero-order valence-electron chi connectivity index (χ0n) is 9.78. The van der Waals surface area contributed by atoms with E-state index in [4.69, 9.17) is 0 Å². The first-order chi connectivity index (χ1) is 7.54. The highest BCUT2D eigenvalue weighted by atomic mass is 19.1. The van der Waals surface area contributed by atoms with Gasteiger partial charge in [0.2, 0.25) is 0 Å². The van der Waals surface area contributed by atoms with E-state index in [-0.39, 0.29) is 5.92 Å². The van der Waals surface area contributed by atoms with Gasteiger partial charge < -0.3 is 5.11 Å². The van der Waals surface area contributed by atoms with Crippen molar-refractivity contribution >= 4 is 0 Å². The Bertz CT molecular complexity index is 382. The Kier molecular flexibility index (Phi) is 2.98. The molecule has 1 aromatic rings. The number of halogens is 1. The maximum Gasteiger partial charge on any atom is 0.147 e. The van der Waals surface area contributed by atoms with Crippen molar-refractivity contribution < 1.29 is 9.50 Å². The number of hydrogen-bond acceptors (Lipinski definition) is 2. The third-order valence-electron chi connectivity index (χ3n) is 3.83. The molecule has 3 unspecified atom stereocenters. The maximum atomic E-state index is 13.7. The van der Waals surface area contributed by atoms with E-state index in [0.717, 1.165) is 12.8 Å². The zero-order valence-corrected chi connectivity index (χ0v) is 9.78. The molecule has 0 amide bonds. The van der Waals surface area contributed by atoms with E-state index >= 15 is 0 Å². The van der Waals surface area contributed by atoms with Gasteiger partial charge in [0.1, 0.15) is 5.82 Å². The molecule has 1 aliphatic rings. The summed E-state index contributed by atoms with van der Waals surface area (Å²) in [5.41, 5.74) is -0.610. The predicted octanol–water partition coefficient (Wildman–Crippen LogP) is 2.86. The van der Waals surface area contributed by atoms with E-state index in [1.54, 1.807) is 12.3 Å². The lowest BCUT2D eigenvalue weighted by molar-refractivity contribution is -0.0613. The molecule has 0 aliphatic heterocycles. The van der Waals surface area contributed by atoms with Crippen LogP contribution >= 0.6 is 0 Å². The SMILES string of the molecule is CC1CCC(O)(c2ccncc2F)C(C)C1. The van der Waals surface area contributed by atoms with Crippen LogP contribution in [0.5, 0.6) is 0 Å². The zero-order chi connectivity index (χ0) is 11.8. The molecular weight excluding hydrogens is 205 g/mol. The predicted molar refractivity (Wildman–Crippen MR) is 60.3 cm³/mol. The van der Waals surface area contributed by atoms with E-state index in [2.05, 4.69) is 11.9 Å². The molecule has 1 saturated carbocycles. The van der Waals surface area contributed by atoms with Gasteiger partial charge in [0.05, 0.1) is 11.8 Å².